The number of hydrogen-bond acceptors (Lipinski definition) is 6. The molecule has 3 saturated heterocycles. The van der Waals surface area contributed by atoms with Crippen molar-refractivity contribution in [1.29, 1.82) is 0 Å². The van der Waals surface area contributed by atoms with Crippen LogP contribution >= 0.6 is 11.6 Å². The zero-order valence-corrected chi connectivity index (χ0v) is 19.5. The summed E-state index contributed by atoms with van der Waals surface area (Å²) in [5.41, 5.74) is 0.655. The molecule has 3 aliphatic heterocycles. The van der Waals surface area contributed by atoms with Gasteiger partial charge in [-0.25, -0.2) is 4.90 Å². The second-order valence-corrected chi connectivity index (χ2v) is 9.41. The lowest BCUT2D eigenvalue weighted by Crippen LogP contribution is -2.67. The maximum Gasteiger partial charge on any atom is 0.307 e. The highest BCUT2D eigenvalue weighted by atomic mass is 35.5. The molecule has 0 bridgehead atoms. The smallest absolute Gasteiger partial charge is 0.307 e. The van der Waals surface area contributed by atoms with E-state index >= 15 is 0 Å². The highest BCUT2D eigenvalue weighted by Gasteiger charge is 2.73. The predicted molar refractivity (Wildman–Crippen MR) is 124 cm³/mol. The largest absolute Gasteiger partial charge is 0.469 e. The first-order chi connectivity index (χ1) is 16.3. The van der Waals surface area contributed by atoms with Crippen LogP contribution in [-0.4, -0.2) is 54.3 Å². The Balaban J connectivity index is 1.70. The third kappa shape index (κ3) is 3.16. The molecule has 3 aliphatic rings. The fraction of sp³-hybridized carbons (Fsp3) is 0.360. The predicted octanol–water partition coefficient (Wildman–Crippen LogP) is 2.24. The monoisotopic (exact) mass is 481 g/mol. The molecule has 3 fully saturated rings. The number of esters is 1. The molecule has 8 nitrogen and oxygen atoms in total. The number of carbonyl (C=O) groups is 4. The van der Waals surface area contributed by atoms with Gasteiger partial charge in [0.05, 0.1) is 31.1 Å². The summed E-state index contributed by atoms with van der Waals surface area (Å²) in [5, 5.41) is 3.36. The quantitative estimate of drug-likeness (QED) is 0.531. The number of ether oxygens (including phenoxy) is 1. The number of anilines is 1. The third-order valence-corrected chi connectivity index (χ3v) is 7.48. The molecule has 5 rings (SSSR count). The van der Waals surface area contributed by atoms with Crippen molar-refractivity contribution in [3.8, 4) is 0 Å². The number of nitrogens with one attached hydrogen (secondary N) is 1. The summed E-state index contributed by atoms with van der Waals surface area (Å²) in [6.07, 6.45) is -0.332. The molecule has 2 aromatic carbocycles. The van der Waals surface area contributed by atoms with Gasteiger partial charge >= 0.3 is 5.97 Å². The minimum Gasteiger partial charge on any atom is -0.469 e. The van der Waals surface area contributed by atoms with E-state index in [1.807, 2.05) is 24.0 Å². The number of rotatable bonds is 4. The summed E-state index contributed by atoms with van der Waals surface area (Å²) in [4.78, 5) is 56.9. The molecule has 4 atom stereocenters. The van der Waals surface area contributed by atoms with Crippen LogP contribution in [0.15, 0.2) is 48.5 Å². The van der Waals surface area contributed by atoms with E-state index < -0.39 is 41.2 Å². The van der Waals surface area contributed by atoms with E-state index in [0.29, 0.717) is 23.8 Å². The molecule has 0 spiro atoms. The summed E-state index contributed by atoms with van der Waals surface area (Å²) in [7, 11) is 1.24. The van der Waals surface area contributed by atoms with Crippen LogP contribution in [0.5, 0.6) is 0 Å². The average Bonchev–Trinajstić information content (AvgIpc) is 3.26. The Morgan fingerprint density at radius 2 is 1.76 bits per heavy atom. The van der Waals surface area contributed by atoms with E-state index in [9.17, 15) is 19.2 Å². The van der Waals surface area contributed by atoms with Crippen molar-refractivity contribution in [2.75, 3.05) is 25.1 Å². The Hall–Kier alpha value is -3.23. The number of benzene rings is 2. The van der Waals surface area contributed by atoms with Crippen LogP contribution < -0.4 is 10.2 Å². The molecular formula is C25H24ClN3O5. The van der Waals surface area contributed by atoms with Gasteiger partial charge in [-0.2, -0.15) is 0 Å². The van der Waals surface area contributed by atoms with Gasteiger partial charge < -0.3 is 10.1 Å². The Bertz CT molecular complexity index is 1180. The zero-order chi connectivity index (χ0) is 24.2. The number of halogens is 1. The lowest BCUT2D eigenvalue weighted by atomic mass is 9.76. The van der Waals surface area contributed by atoms with E-state index in [2.05, 4.69) is 5.32 Å². The van der Waals surface area contributed by atoms with Crippen LogP contribution in [0.3, 0.4) is 0 Å². The van der Waals surface area contributed by atoms with Crippen molar-refractivity contribution in [3.63, 3.8) is 0 Å². The Morgan fingerprint density at radius 3 is 2.41 bits per heavy atom. The van der Waals surface area contributed by atoms with Gasteiger partial charge in [-0.3, -0.25) is 24.1 Å². The van der Waals surface area contributed by atoms with Crippen molar-refractivity contribution in [2.24, 2.45) is 11.8 Å². The Kier molecular flexibility index (Phi) is 5.45. The highest BCUT2D eigenvalue weighted by Crippen LogP contribution is 2.57. The summed E-state index contributed by atoms with van der Waals surface area (Å²) in [6.45, 7) is 2.64. The lowest BCUT2D eigenvalue weighted by molar-refractivity contribution is -0.154. The number of aryl methyl sites for hydroxylation is 1. The van der Waals surface area contributed by atoms with Crippen molar-refractivity contribution >= 4 is 41.0 Å². The number of imide groups is 1. The SMILES string of the molecule is COC(=O)C[C@]12C(=O)NCCN1[C@@H](c1ccc(Cl)cc1)[C@@H]1C(=O)N(c3ccc(C)cc3)C(=O)[C@H]12. The number of carbonyl (C=O) groups excluding carboxylic acids is 4. The molecule has 176 valence electrons. The maximum atomic E-state index is 13.9. The summed E-state index contributed by atoms with van der Waals surface area (Å²) < 4.78 is 4.92. The molecule has 0 aromatic heterocycles. The first-order valence-corrected chi connectivity index (χ1v) is 11.5. The Morgan fingerprint density at radius 1 is 1.09 bits per heavy atom. The molecule has 34 heavy (non-hydrogen) atoms. The van der Waals surface area contributed by atoms with Gasteiger partial charge in [-0.15, -0.1) is 0 Å². The van der Waals surface area contributed by atoms with Gasteiger partial charge in [0.1, 0.15) is 5.54 Å². The molecule has 1 N–H and O–H groups in total. The molecule has 3 amide bonds. The van der Waals surface area contributed by atoms with E-state index in [1.54, 1.807) is 36.4 Å². The molecule has 0 unspecified atom stereocenters. The number of methoxy groups -OCH3 is 1. The van der Waals surface area contributed by atoms with Gasteiger partial charge in [0, 0.05) is 24.2 Å². The first kappa shape index (κ1) is 22.6. The number of nitrogens with zero attached hydrogens (tertiary/aromatic N) is 2. The third-order valence-electron chi connectivity index (χ3n) is 7.23. The molecule has 2 aromatic rings. The van der Waals surface area contributed by atoms with E-state index in [4.69, 9.17) is 16.3 Å². The summed E-state index contributed by atoms with van der Waals surface area (Å²) >= 11 is 6.10. The summed E-state index contributed by atoms with van der Waals surface area (Å²) in [6, 6.07) is 13.5. The van der Waals surface area contributed by atoms with Crippen LogP contribution in [0.2, 0.25) is 5.02 Å². The van der Waals surface area contributed by atoms with Crippen molar-refractivity contribution in [3.05, 3.63) is 64.7 Å². The fourth-order valence-corrected chi connectivity index (χ4v) is 5.89. The maximum absolute atomic E-state index is 13.9. The lowest BCUT2D eigenvalue weighted by Gasteiger charge is -2.45. The van der Waals surface area contributed by atoms with Crippen molar-refractivity contribution < 1.29 is 23.9 Å². The van der Waals surface area contributed by atoms with Gasteiger partial charge in [-0.1, -0.05) is 41.4 Å². The van der Waals surface area contributed by atoms with E-state index in [1.165, 1.54) is 7.11 Å². The van der Waals surface area contributed by atoms with Crippen LogP contribution in [0.4, 0.5) is 5.69 Å². The average molecular weight is 482 g/mol. The van der Waals surface area contributed by atoms with Crippen LogP contribution in [0.25, 0.3) is 0 Å². The molecule has 0 saturated carbocycles. The number of hydrogen-bond donors (Lipinski definition) is 1. The van der Waals surface area contributed by atoms with Crippen LogP contribution in [0.1, 0.15) is 23.6 Å². The molecule has 0 radical (unpaired) electrons. The van der Waals surface area contributed by atoms with Gasteiger partial charge in [-0.05, 0) is 36.8 Å². The standard InChI is InChI=1S/C25H24ClN3O5/c1-14-3-9-17(10-4-14)29-22(31)19-20(23(29)32)25(13-18(30)34-2)24(33)27-11-12-28(25)21(19)15-5-7-16(26)8-6-15/h3-10,19-21H,11-13H2,1-2H3,(H,27,33)/t19-,20+,21+,25+/m1/s1. The molecular weight excluding hydrogens is 458 g/mol. The zero-order valence-electron chi connectivity index (χ0n) is 18.8. The minimum absolute atomic E-state index is 0.332. The van der Waals surface area contributed by atoms with Gasteiger partial charge in [0.2, 0.25) is 17.7 Å². The van der Waals surface area contributed by atoms with Gasteiger partial charge in [0.25, 0.3) is 0 Å². The number of amides is 3. The second-order valence-electron chi connectivity index (χ2n) is 8.97. The van der Waals surface area contributed by atoms with Crippen molar-refractivity contribution in [1.82, 2.24) is 10.2 Å². The Labute approximate surface area is 201 Å². The fourth-order valence-electron chi connectivity index (χ4n) is 5.77. The molecule has 9 heteroatoms. The van der Waals surface area contributed by atoms with Gasteiger partial charge in [0.15, 0.2) is 0 Å². The minimum atomic E-state index is -1.54. The second kappa shape index (κ2) is 8.21. The summed E-state index contributed by atoms with van der Waals surface area (Å²) in [5.74, 6) is -3.81. The number of piperazine rings is 1. The number of fused-ring (bicyclic) bond motifs is 3. The normalized spacial score (nSPS) is 28.5. The highest BCUT2D eigenvalue weighted by molar-refractivity contribution is 6.30. The topological polar surface area (TPSA) is 96.0 Å². The van der Waals surface area contributed by atoms with Crippen molar-refractivity contribution in [2.45, 2.75) is 24.9 Å². The molecule has 3 heterocycles. The van der Waals surface area contributed by atoms with E-state index in [0.717, 1.165) is 16.0 Å². The van der Waals surface area contributed by atoms with Crippen LogP contribution in [-0.2, 0) is 23.9 Å². The van der Waals surface area contributed by atoms with E-state index in [-0.39, 0.29) is 12.3 Å². The first-order valence-electron chi connectivity index (χ1n) is 11.1. The molecule has 0 aliphatic carbocycles. The van der Waals surface area contributed by atoms with Crippen LogP contribution in [0, 0.1) is 18.8 Å².